The Bertz CT molecular complexity index is 227. The molecule has 0 saturated carbocycles. The molecule has 0 aromatic rings. The predicted molar refractivity (Wildman–Crippen MR) is 68.6 cm³/mol. The quantitative estimate of drug-likeness (QED) is 0.762. The molecular formula is C13H26N2O2. The minimum atomic E-state index is 0.232. The summed E-state index contributed by atoms with van der Waals surface area (Å²) in [5, 5.41) is 0. The lowest BCUT2D eigenvalue weighted by Gasteiger charge is -2.27. The highest BCUT2D eigenvalue weighted by Gasteiger charge is 2.18. The summed E-state index contributed by atoms with van der Waals surface area (Å²) in [6.07, 6.45) is 3.80. The minimum absolute atomic E-state index is 0.232. The zero-order valence-electron chi connectivity index (χ0n) is 11.2. The van der Waals surface area contributed by atoms with E-state index < -0.39 is 0 Å². The Labute approximate surface area is 104 Å². The van der Waals surface area contributed by atoms with E-state index in [9.17, 15) is 4.79 Å². The third-order valence-corrected chi connectivity index (χ3v) is 3.47. The molecule has 1 amide bonds. The molecule has 1 aliphatic rings. The maximum Gasteiger partial charge on any atom is 0.222 e. The van der Waals surface area contributed by atoms with Crippen molar-refractivity contribution in [3.8, 4) is 0 Å². The van der Waals surface area contributed by atoms with Crippen molar-refractivity contribution in [1.82, 2.24) is 4.90 Å². The fourth-order valence-electron chi connectivity index (χ4n) is 2.12. The summed E-state index contributed by atoms with van der Waals surface area (Å²) < 4.78 is 5.42. The highest BCUT2D eigenvalue weighted by molar-refractivity contribution is 5.75. The Morgan fingerprint density at radius 3 is 2.94 bits per heavy atom. The van der Waals surface area contributed by atoms with Crippen molar-refractivity contribution in [1.29, 1.82) is 0 Å². The normalized spacial score (nSPS) is 22.2. The molecule has 2 atom stereocenters. The Kier molecular flexibility index (Phi) is 6.52. The topological polar surface area (TPSA) is 55.6 Å². The Hall–Kier alpha value is -0.610. The van der Waals surface area contributed by atoms with Gasteiger partial charge in [0.1, 0.15) is 0 Å². The standard InChI is InChI=1S/C13H26N2O2/c1-11(8-14)5-6-13(16)15(2)9-12-4-3-7-17-10-12/h11-12H,3-10,14H2,1-2H3. The molecule has 2 N–H and O–H groups in total. The summed E-state index contributed by atoms with van der Waals surface area (Å²) in [4.78, 5) is 13.7. The SMILES string of the molecule is CC(CN)CCC(=O)N(C)CC1CCCOC1. The monoisotopic (exact) mass is 242 g/mol. The van der Waals surface area contributed by atoms with Gasteiger partial charge in [-0.15, -0.1) is 0 Å². The van der Waals surface area contributed by atoms with E-state index in [1.807, 2.05) is 11.9 Å². The van der Waals surface area contributed by atoms with E-state index in [1.165, 1.54) is 6.42 Å². The predicted octanol–water partition coefficient (Wildman–Crippen LogP) is 1.25. The zero-order valence-corrected chi connectivity index (χ0v) is 11.2. The first kappa shape index (κ1) is 14.5. The van der Waals surface area contributed by atoms with Gasteiger partial charge in [-0.2, -0.15) is 0 Å². The van der Waals surface area contributed by atoms with Crippen LogP contribution in [0.2, 0.25) is 0 Å². The third-order valence-electron chi connectivity index (χ3n) is 3.47. The molecule has 0 aromatic heterocycles. The molecule has 0 bridgehead atoms. The lowest BCUT2D eigenvalue weighted by Crippen LogP contribution is -2.35. The summed E-state index contributed by atoms with van der Waals surface area (Å²) in [6, 6.07) is 0. The second-order valence-corrected chi connectivity index (χ2v) is 5.24. The van der Waals surface area contributed by atoms with Crippen LogP contribution in [-0.2, 0) is 9.53 Å². The molecule has 0 aliphatic carbocycles. The number of amides is 1. The highest BCUT2D eigenvalue weighted by atomic mass is 16.5. The van der Waals surface area contributed by atoms with E-state index in [1.54, 1.807) is 0 Å². The van der Waals surface area contributed by atoms with Crippen LogP contribution in [-0.4, -0.2) is 44.2 Å². The van der Waals surface area contributed by atoms with E-state index in [0.29, 0.717) is 24.8 Å². The van der Waals surface area contributed by atoms with Crippen LogP contribution in [0.3, 0.4) is 0 Å². The third kappa shape index (κ3) is 5.50. The maximum atomic E-state index is 11.9. The molecule has 0 radical (unpaired) electrons. The second kappa shape index (κ2) is 7.67. The molecule has 0 aromatic carbocycles. The lowest BCUT2D eigenvalue weighted by atomic mass is 10.0. The molecule has 1 aliphatic heterocycles. The van der Waals surface area contributed by atoms with E-state index in [0.717, 1.165) is 32.6 Å². The Morgan fingerprint density at radius 2 is 2.35 bits per heavy atom. The van der Waals surface area contributed by atoms with Crippen LogP contribution in [0, 0.1) is 11.8 Å². The minimum Gasteiger partial charge on any atom is -0.381 e. The van der Waals surface area contributed by atoms with Crippen LogP contribution in [0.4, 0.5) is 0 Å². The molecule has 1 fully saturated rings. The first-order chi connectivity index (χ1) is 8.13. The van der Waals surface area contributed by atoms with Gasteiger partial charge in [0.05, 0.1) is 6.61 Å². The summed E-state index contributed by atoms with van der Waals surface area (Å²) in [6.45, 7) is 5.25. The molecule has 4 heteroatoms. The second-order valence-electron chi connectivity index (χ2n) is 5.24. The molecule has 17 heavy (non-hydrogen) atoms. The van der Waals surface area contributed by atoms with Crippen molar-refractivity contribution in [2.45, 2.75) is 32.6 Å². The molecule has 100 valence electrons. The zero-order chi connectivity index (χ0) is 12.7. The summed E-state index contributed by atoms with van der Waals surface area (Å²) in [7, 11) is 1.89. The Balaban J connectivity index is 2.21. The van der Waals surface area contributed by atoms with Gasteiger partial charge in [-0.05, 0) is 37.6 Å². The molecule has 1 saturated heterocycles. The number of nitrogens with two attached hydrogens (primary N) is 1. The highest BCUT2D eigenvalue weighted by Crippen LogP contribution is 2.15. The van der Waals surface area contributed by atoms with Crippen molar-refractivity contribution in [3.63, 3.8) is 0 Å². The molecule has 2 unspecified atom stereocenters. The van der Waals surface area contributed by atoms with Crippen LogP contribution >= 0.6 is 0 Å². The fraction of sp³-hybridized carbons (Fsp3) is 0.923. The van der Waals surface area contributed by atoms with Gasteiger partial charge in [0, 0.05) is 26.6 Å². The van der Waals surface area contributed by atoms with E-state index in [4.69, 9.17) is 10.5 Å². The number of nitrogens with zero attached hydrogens (tertiary/aromatic N) is 1. The average molecular weight is 242 g/mol. The van der Waals surface area contributed by atoms with Crippen molar-refractivity contribution in [2.75, 3.05) is 33.4 Å². The number of carbonyl (C=O) groups is 1. The van der Waals surface area contributed by atoms with Crippen molar-refractivity contribution in [3.05, 3.63) is 0 Å². The molecular weight excluding hydrogens is 216 g/mol. The summed E-state index contributed by atoms with van der Waals surface area (Å²) in [5.74, 6) is 1.19. The van der Waals surface area contributed by atoms with Crippen molar-refractivity contribution < 1.29 is 9.53 Å². The molecule has 1 heterocycles. The summed E-state index contributed by atoms with van der Waals surface area (Å²) >= 11 is 0. The van der Waals surface area contributed by atoms with E-state index in [-0.39, 0.29) is 5.91 Å². The van der Waals surface area contributed by atoms with Crippen LogP contribution < -0.4 is 5.73 Å². The van der Waals surface area contributed by atoms with Gasteiger partial charge in [-0.25, -0.2) is 0 Å². The van der Waals surface area contributed by atoms with E-state index >= 15 is 0 Å². The van der Waals surface area contributed by atoms with Gasteiger partial charge in [-0.1, -0.05) is 6.92 Å². The van der Waals surface area contributed by atoms with Gasteiger partial charge in [0.2, 0.25) is 5.91 Å². The largest absolute Gasteiger partial charge is 0.381 e. The first-order valence-corrected chi connectivity index (χ1v) is 6.65. The molecule has 0 spiro atoms. The van der Waals surface area contributed by atoms with Crippen molar-refractivity contribution >= 4 is 5.91 Å². The lowest BCUT2D eigenvalue weighted by molar-refractivity contribution is -0.131. The van der Waals surface area contributed by atoms with Gasteiger partial charge in [0.15, 0.2) is 0 Å². The van der Waals surface area contributed by atoms with Gasteiger partial charge in [-0.3, -0.25) is 4.79 Å². The first-order valence-electron chi connectivity index (χ1n) is 6.65. The van der Waals surface area contributed by atoms with Gasteiger partial charge in [0.25, 0.3) is 0 Å². The smallest absolute Gasteiger partial charge is 0.222 e. The number of rotatable bonds is 6. The number of carbonyl (C=O) groups excluding carboxylic acids is 1. The number of hydrogen-bond donors (Lipinski definition) is 1. The Morgan fingerprint density at radius 1 is 1.59 bits per heavy atom. The van der Waals surface area contributed by atoms with Gasteiger partial charge >= 0.3 is 0 Å². The number of hydrogen-bond acceptors (Lipinski definition) is 3. The van der Waals surface area contributed by atoms with Crippen LogP contribution in [0.1, 0.15) is 32.6 Å². The van der Waals surface area contributed by atoms with Crippen LogP contribution in [0.5, 0.6) is 0 Å². The van der Waals surface area contributed by atoms with E-state index in [2.05, 4.69) is 6.92 Å². The molecule has 4 nitrogen and oxygen atoms in total. The number of ether oxygens (including phenoxy) is 1. The van der Waals surface area contributed by atoms with Gasteiger partial charge < -0.3 is 15.4 Å². The molecule has 1 rings (SSSR count). The van der Waals surface area contributed by atoms with Crippen LogP contribution in [0.15, 0.2) is 0 Å². The van der Waals surface area contributed by atoms with Crippen LogP contribution in [0.25, 0.3) is 0 Å². The summed E-state index contributed by atoms with van der Waals surface area (Å²) in [5.41, 5.74) is 5.54. The fourth-order valence-corrected chi connectivity index (χ4v) is 2.12. The maximum absolute atomic E-state index is 11.9. The average Bonchev–Trinajstić information content (AvgIpc) is 2.36. The van der Waals surface area contributed by atoms with Crippen molar-refractivity contribution in [2.24, 2.45) is 17.6 Å².